The summed E-state index contributed by atoms with van der Waals surface area (Å²) < 4.78 is 5.02. The molecule has 21 heavy (non-hydrogen) atoms. The van der Waals surface area contributed by atoms with Crippen LogP contribution in [0.1, 0.15) is 38.5 Å². The number of ether oxygens (including phenoxy) is 1. The van der Waals surface area contributed by atoms with E-state index in [1.807, 2.05) is 4.90 Å². The Balaban J connectivity index is 2.08. The highest BCUT2D eigenvalue weighted by Gasteiger charge is 2.38. The van der Waals surface area contributed by atoms with Crippen LogP contribution in [0.2, 0.25) is 0 Å². The number of nitrogens with two attached hydrogens (primary N) is 1. The van der Waals surface area contributed by atoms with Crippen molar-refractivity contribution in [3.05, 3.63) is 0 Å². The van der Waals surface area contributed by atoms with Crippen molar-refractivity contribution in [2.24, 2.45) is 5.73 Å². The van der Waals surface area contributed by atoms with Crippen molar-refractivity contribution in [2.45, 2.75) is 50.6 Å². The average Bonchev–Trinajstić information content (AvgIpc) is 2.66. The highest BCUT2D eigenvalue weighted by molar-refractivity contribution is 5.77. The molecule has 0 radical (unpaired) electrons. The van der Waals surface area contributed by atoms with Gasteiger partial charge >= 0.3 is 0 Å². The third-order valence-electron chi connectivity index (χ3n) is 4.61. The van der Waals surface area contributed by atoms with Gasteiger partial charge in [-0.2, -0.15) is 0 Å². The van der Waals surface area contributed by atoms with Gasteiger partial charge in [0.05, 0.1) is 19.6 Å². The minimum absolute atomic E-state index is 0.174. The number of hydrogen-bond donors (Lipinski definition) is 1. The Morgan fingerprint density at radius 3 is 2.62 bits per heavy atom. The molecule has 120 valence electrons. The lowest BCUT2D eigenvalue weighted by molar-refractivity contribution is -0.138. The Labute approximate surface area is 126 Å². The number of methoxy groups -OCH3 is 1. The summed E-state index contributed by atoms with van der Waals surface area (Å²) in [4.78, 5) is 27.9. The molecule has 0 saturated carbocycles. The first kappa shape index (κ1) is 16.2. The average molecular weight is 297 g/mol. The van der Waals surface area contributed by atoms with E-state index >= 15 is 0 Å². The normalized spacial score (nSPS) is 27.0. The van der Waals surface area contributed by atoms with Gasteiger partial charge in [-0.1, -0.05) is 6.42 Å². The van der Waals surface area contributed by atoms with Crippen LogP contribution in [0.15, 0.2) is 0 Å². The fourth-order valence-electron chi connectivity index (χ4n) is 3.68. The summed E-state index contributed by atoms with van der Waals surface area (Å²) in [6, 6.07) is 0.505. The molecule has 2 atom stereocenters. The van der Waals surface area contributed by atoms with Crippen LogP contribution >= 0.6 is 0 Å². The van der Waals surface area contributed by atoms with Crippen LogP contribution in [0.5, 0.6) is 0 Å². The topological polar surface area (TPSA) is 75.9 Å². The Kier molecular flexibility index (Phi) is 5.99. The smallest absolute Gasteiger partial charge is 0.231 e. The molecule has 6 heteroatoms. The van der Waals surface area contributed by atoms with E-state index < -0.39 is 0 Å². The van der Waals surface area contributed by atoms with E-state index in [2.05, 4.69) is 4.90 Å². The molecule has 0 aromatic heterocycles. The van der Waals surface area contributed by atoms with Gasteiger partial charge in [-0.25, -0.2) is 0 Å². The largest absolute Gasteiger partial charge is 0.384 e. The maximum Gasteiger partial charge on any atom is 0.231 e. The summed E-state index contributed by atoms with van der Waals surface area (Å²) in [6.45, 7) is 2.51. The van der Waals surface area contributed by atoms with Crippen LogP contribution < -0.4 is 5.73 Å². The van der Waals surface area contributed by atoms with Crippen molar-refractivity contribution >= 4 is 11.8 Å². The molecule has 0 spiro atoms. The Morgan fingerprint density at radius 2 is 1.90 bits per heavy atom. The lowest BCUT2D eigenvalue weighted by atomic mass is 9.92. The summed E-state index contributed by atoms with van der Waals surface area (Å²) >= 11 is 0. The minimum Gasteiger partial charge on any atom is -0.384 e. The number of primary amides is 1. The van der Waals surface area contributed by atoms with E-state index in [1.165, 1.54) is 0 Å². The molecule has 0 aliphatic carbocycles. The lowest BCUT2D eigenvalue weighted by Gasteiger charge is -2.44. The summed E-state index contributed by atoms with van der Waals surface area (Å²) in [7, 11) is 1.62. The van der Waals surface area contributed by atoms with Gasteiger partial charge in [0.2, 0.25) is 11.8 Å². The van der Waals surface area contributed by atoms with Crippen LogP contribution in [-0.4, -0.2) is 67.0 Å². The zero-order valence-electron chi connectivity index (χ0n) is 12.9. The standard InChI is InChI=1S/C15H27N3O3/c1-21-10-7-15(20)18-9-4-6-12-13(18)5-2-3-8-17(12)11-14(16)19/h12-13H,2-11H2,1H3,(H2,16,19)/t12-,13-/m1/s1. The minimum atomic E-state index is -0.279. The molecule has 0 aromatic rings. The Bertz CT molecular complexity index is 375. The van der Waals surface area contributed by atoms with E-state index in [0.29, 0.717) is 19.6 Å². The third-order valence-corrected chi connectivity index (χ3v) is 4.61. The van der Waals surface area contributed by atoms with Crippen molar-refractivity contribution in [1.82, 2.24) is 9.80 Å². The van der Waals surface area contributed by atoms with Gasteiger partial charge in [0.25, 0.3) is 0 Å². The van der Waals surface area contributed by atoms with Crippen LogP contribution in [0.25, 0.3) is 0 Å². The van der Waals surface area contributed by atoms with Gasteiger partial charge in [0.15, 0.2) is 0 Å². The number of carbonyl (C=O) groups excluding carboxylic acids is 2. The van der Waals surface area contributed by atoms with Gasteiger partial charge in [-0.05, 0) is 32.2 Å². The first-order valence-corrected chi connectivity index (χ1v) is 7.94. The SMILES string of the molecule is COCCC(=O)N1CCC[C@@H]2[C@H]1CCCCN2CC(N)=O. The van der Waals surface area contributed by atoms with E-state index in [-0.39, 0.29) is 23.9 Å². The Morgan fingerprint density at radius 1 is 1.14 bits per heavy atom. The zero-order valence-corrected chi connectivity index (χ0v) is 12.9. The molecule has 2 amide bonds. The van der Waals surface area contributed by atoms with Crippen molar-refractivity contribution in [1.29, 1.82) is 0 Å². The van der Waals surface area contributed by atoms with Crippen LogP contribution in [0.4, 0.5) is 0 Å². The van der Waals surface area contributed by atoms with Crippen molar-refractivity contribution in [2.75, 3.05) is 33.4 Å². The summed E-state index contributed by atoms with van der Waals surface area (Å²) in [5, 5.41) is 0. The van der Waals surface area contributed by atoms with Crippen LogP contribution in [0.3, 0.4) is 0 Å². The third kappa shape index (κ3) is 4.17. The Hall–Kier alpha value is -1.14. The molecule has 2 fully saturated rings. The van der Waals surface area contributed by atoms with E-state index in [9.17, 15) is 9.59 Å². The van der Waals surface area contributed by atoms with Crippen LogP contribution in [0, 0.1) is 0 Å². The molecular formula is C15H27N3O3. The molecule has 2 saturated heterocycles. The van der Waals surface area contributed by atoms with Gasteiger partial charge in [-0.3, -0.25) is 14.5 Å². The molecule has 2 aliphatic rings. The van der Waals surface area contributed by atoms with Crippen LogP contribution in [-0.2, 0) is 14.3 Å². The van der Waals surface area contributed by atoms with Gasteiger partial charge in [-0.15, -0.1) is 0 Å². The van der Waals surface area contributed by atoms with E-state index in [1.54, 1.807) is 7.11 Å². The first-order valence-electron chi connectivity index (χ1n) is 7.94. The number of likely N-dealkylation sites (tertiary alicyclic amines) is 2. The van der Waals surface area contributed by atoms with Crippen molar-refractivity contribution in [3.63, 3.8) is 0 Å². The number of fused-ring (bicyclic) bond motifs is 1. The second-order valence-electron chi connectivity index (χ2n) is 6.04. The fourth-order valence-corrected chi connectivity index (χ4v) is 3.68. The van der Waals surface area contributed by atoms with E-state index in [0.717, 1.165) is 45.2 Å². The number of carbonyl (C=O) groups is 2. The number of piperidine rings is 1. The molecule has 2 aliphatic heterocycles. The molecule has 2 rings (SSSR count). The monoisotopic (exact) mass is 297 g/mol. The van der Waals surface area contributed by atoms with E-state index in [4.69, 9.17) is 10.5 Å². The van der Waals surface area contributed by atoms with Gasteiger partial charge in [0, 0.05) is 25.7 Å². The molecule has 2 N–H and O–H groups in total. The number of nitrogens with zero attached hydrogens (tertiary/aromatic N) is 2. The zero-order chi connectivity index (χ0) is 15.2. The van der Waals surface area contributed by atoms with Gasteiger partial charge < -0.3 is 15.4 Å². The number of amides is 2. The maximum atomic E-state index is 12.4. The lowest BCUT2D eigenvalue weighted by Crippen LogP contribution is -2.57. The number of hydrogen-bond acceptors (Lipinski definition) is 4. The van der Waals surface area contributed by atoms with Crippen molar-refractivity contribution < 1.29 is 14.3 Å². The van der Waals surface area contributed by atoms with Crippen molar-refractivity contribution in [3.8, 4) is 0 Å². The molecule has 0 aromatic carbocycles. The maximum absolute atomic E-state index is 12.4. The summed E-state index contributed by atoms with van der Waals surface area (Å²) in [6.07, 6.45) is 5.68. The summed E-state index contributed by atoms with van der Waals surface area (Å²) in [5.41, 5.74) is 5.38. The van der Waals surface area contributed by atoms with Gasteiger partial charge in [0.1, 0.15) is 0 Å². The highest BCUT2D eigenvalue weighted by Crippen LogP contribution is 2.29. The second-order valence-corrected chi connectivity index (χ2v) is 6.04. The summed E-state index contributed by atoms with van der Waals surface area (Å²) in [5.74, 6) is -0.106. The highest BCUT2D eigenvalue weighted by atomic mass is 16.5. The fraction of sp³-hybridized carbons (Fsp3) is 0.867. The quantitative estimate of drug-likeness (QED) is 0.794. The molecular weight excluding hydrogens is 270 g/mol. The predicted molar refractivity (Wildman–Crippen MR) is 79.6 cm³/mol. The molecule has 2 heterocycles. The predicted octanol–water partition coefficient (Wildman–Crippen LogP) is 0.354. The number of rotatable bonds is 5. The second kappa shape index (κ2) is 7.75. The first-order chi connectivity index (χ1) is 10.1. The molecule has 0 bridgehead atoms. The molecule has 6 nitrogen and oxygen atoms in total. The molecule has 0 unspecified atom stereocenters.